The van der Waals surface area contributed by atoms with Crippen LogP contribution in [0.3, 0.4) is 0 Å². The summed E-state index contributed by atoms with van der Waals surface area (Å²) in [7, 11) is -3.81. The smallest absolute Gasteiger partial charge is 0.238 e. The number of H-pyrrole nitrogens is 1. The van der Waals surface area contributed by atoms with Crippen molar-refractivity contribution in [2.24, 2.45) is 5.14 Å². The molecule has 12 heteroatoms. The lowest BCUT2D eigenvalue weighted by molar-refractivity contribution is 0.574. The lowest BCUT2D eigenvalue weighted by Crippen LogP contribution is -2.30. The number of aromatic nitrogens is 4. The van der Waals surface area contributed by atoms with E-state index >= 15 is 0 Å². The number of hydrogen-bond donors (Lipinski definition) is 4. The maximum absolute atomic E-state index is 11.7. The van der Waals surface area contributed by atoms with Gasteiger partial charge in [-0.1, -0.05) is 12.1 Å². The minimum atomic E-state index is -3.81. The molecule has 0 bridgehead atoms. The van der Waals surface area contributed by atoms with Gasteiger partial charge in [0.1, 0.15) is 5.52 Å². The van der Waals surface area contributed by atoms with Crippen LogP contribution in [0.15, 0.2) is 51.8 Å². The van der Waals surface area contributed by atoms with Crippen LogP contribution in [0.1, 0.15) is 24.8 Å². The van der Waals surface area contributed by atoms with Crippen LogP contribution in [0.2, 0.25) is 0 Å². The van der Waals surface area contributed by atoms with Crippen molar-refractivity contribution in [1.29, 1.82) is 0 Å². The molecular weight excluding hydrogens is 532 g/mol. The average Bonchev–Trinajstić information content (AvgIpc) is 3.22. The summed E-state index contributed by atoms with van der Waals surface area (Å²) in [4.78, 5) is 19.7. The van der Waals surface area contributed by atoms with Gasteiger partial charge in [-0.25, -0.2) is 13.6 Å². The number of aryl methyl sites for hydroxylation is 1. The van der Waals surface area contributed by atoms with E-state index in [9.17, 15) is 8.42 Å². The number of primary sulfonamides is 1. The quantitative estimate of drug-likeness (QED) is 0.271. The first-order chi connectivity index (χ1) is 16.8. The molecule has 0 aliphatic carbocycles. The molecule has 0 unspecified atom stereocenters. The number of aromatic amines is 1. The molecule has 2 aromatic heterocycles. The monoisotopic (exact) mass is 556 g/mol. The topological polar surface area (TPSA) is 142 Å². The van der Waals surface area contributed by atoms with Crippen LogP contribution in [0.4, 0.5) is 29.1 Å². The molecule has 2 aromatic carbocycles. The van der Waals surface area contributed by atoms with Gasteiger partial charge >= 0.3 is 0 Å². The third-order valence-electron chi connectivity index (χ3n) is 5.78. The van der Waals surface area contributed by atoms with Crippen LogP contribution in [-0.2, 0) is 10.0 Å². The molecule has 3 heterocycles. The van der Waals surface area contributed by atoms with Gasteiger partial charge in [0.15, 0.2) is 11.5 Å². The van der Waals surface area contributed by atoms with Gasteiger partial charge in [-0.15, -0.1) is 0 Å². The van der Waals surface area contributed by atoms with E-state index in [1.54, 1.807) is 6.07 Å². The Morgan fingerprint density at radius 1 is 1.03 bits per heavy atom. The minimum Gasteiger partial charge on any atom is -0.355 e. The molecule has 1 aliphatic heterocycles. The van der Waals surface area contributed by atoms with E-state index in [0.717, 1.165) is 48.5 Å². The summed E-state index contributed by atoms with van der Waals surface area (Å²) in [5.41, 5.74) is 3.96. The molecule has 1 fully saturated rings. The van der Waals surface area contributed by atoms with Crippen molar-refractivity contribution in [2.75, 3.05) is 28.6 Å². The van der Waals surface area contributed by atoms with Crippen LogP contribution in [-0.4, -0.2) is 41.4 Å². The van der Waals surface area contributed by atoms with Crippen molar-refractivity contribution in [3.05, 3.63) is 52.5 Å². The van der Waals surface area contributed by atoms with Crippen LogP contribution in [0.25, 0.3) is 11.2 Å². The Hall–Kier alpha value is -3.22. The molecule has 182 valence electrons. The Balaban J connectivity index is 1.53. The molecule has 5 rings (SSSR count). The number of halogens is 1. The Labute approximate surface area is 211 Å². The van der Waals surface area contributed by atoms with E-state index in [1.807, 2.05) is 31.2 Å². The fourth-order valence-corrected chi connectivity index (χ4v) is 5.26. The van der Waals surface area contributed by atoms with E-state index in [-0.39, 0.29) is 4.90 Å². The second-order valence-corrected chi connectivity index (χ2v) is 10.9. The molecule has 35 heavy (non-hydrogen) atoms. The molecule has 1 saturated heterocycles. The highest BCUT2D eigenvalue weighted by molar-refractivity contribution is 9.10. The number of anilines is 5. The molecule has 10 nitrogen and oxygen atoms in total. The third kappa shape index (κ3) is 5.24. The fraction of sp³-hybridized carbons (Fsp3) is 0.261. The molecular formula is C23H25BrN8O2S. The van der Waals surface area contributed by atoms with Gasteiger partial charge in [0.25, 0.3) is 0 Å². The number of hydrogen-bond acceptors (Lipinski definition) is 8. The van der Waals surface area contributed by atoms with Crippen LogP contribution in [0, 0.1) is 6.92 Å². The SMILES string of the molecule is Cc1cccc(Nc2nc3nc(Nc4ccc(S(N)(=O)=O)cc4Br)nc(N4CCCCC4)c3[nH]2)c1. The summed E-state index contributed by atoms with van der Waals surface area (Å²) in [6.07, 6.45) is 3.39. The van der Waals surface area contributed by atoms with E-state index in [2.05, 4.69) is 46.4 Å². The van der Waals surface area contributed by atoms with Crippen molar-refractivity contribution in [3.63, 3.8) is 0 Å². The summed E-state index contributed by atoms with van der Waals surface area (Å²) in [6, 6.07) is 12.5. The number of fused-ring (bicyclic) bond motifs is 1. The number of rotatable bonds is 6. The Kier molecular flexibility index (Phi) is 6.34. The van der Waals surface area contributed by atoms with Crippen LogP contribution in [0.5, 0.6) is 0 Å². The first-order valence-corrected chi connectivity index (χ1v) is 13.6. The second kappa shape index (κ2) is 9.44. The number of piperidine rings is 1. The molecule has 0 saturated carbocycles. The highest BCUT2D eigenvalue weighted by Crippen LogP contribution is 2.31. The van der Waals surface area contributed by atoms with Gasteiger partial charge in [0, 0.05) is 23.2 Å². The fourth-order valence-electron chi connectivity index (χ4n) is 4.09. The highest BCUT2D eigenvalue weighted by Gasteiger charge is 2.21. The molecule has 0 spiro atoms. The standard InChI is InChI=1S/C23H25BrN8O2S/c1-14-6-5-7-15(12-14)26-22-28-19-20(29-22)30-23(31-21(19)32-10-3-2-4-11-32)27-18-9-8-16(13-17(18)24)35(25,33)34/h5-9,12-13H,2-4,10-11H2,1H3,(H2,25,33,34)(H3,26,27,28,29,30,31). The van der Waals surface area contributed by atoms with E-state index in [4.69, 9.17) is 10.1 Å². The van der Waals surface area contributed by atoms with Crippen LogP contribution >= 0.6 is 15.9 Å². The third-order valence-corrected chi connectivity index (χ3v) is 7.35. The number of nitrogens with zero attached hydrogens (tertiary/aromatic N) is 4. The predicted octanol–water partition coefficient (Wildman–Crippen LogP) is 4.55. The Morgan fingerprint density at radius 2 is 1.83 bits per heavy atom. The predicted molar refractivity (Wildman–Crippen MR) is 141 cm³/mol. The summed E-state index contributed by atoms with van der Waals surface area (Å²) < 4.78 is 23.8. The zero-order valence-corrected chi connectivity index (χ0v) is 21.4. The molecule has 1 aliphatic rings. The van der Waals surface area contributed by atoms with Gasteiger partial charge in [-0.3, -0.25) is 0 Å². The second-order valence-electron chi connectivity index (χ2n) is 8.51. The number of nitrogens with one attached hydrogen (secondary N) is 3. The van der Waals surface area contributed by atoms with Gasteiger partial charge in [-0.05, 0) is 78.0 Å². The first-order valence-electron chi connectivity index (χ1n) is 11.2. The lowest BCUT2D eigenvalue weighted by atomic mass is 10.1. The van der Waals surface area contributed by atoms with Crippen molar-refractivity contribution in [2.45, 2.75) is 31.1 Å². The van der Waals surface area contributed by atoms with E-state index in [1.165, 1.54) is 18.6 Å². The lowest BCUT2D eigenvalue weighted by Gasteiger charge is -2.28. The molecule has 4 aromatic rings. The van der Waals surface area contributed by atoms with Gasteiger partial charge < -0.3 is 20.5 Å². The number of benzene rings is 2. The van der Waals surface area contributed by atoms with E-state index < -0.39 is 10.0 Å². The van der Waals surface area contributed by atoms with Crippen LogP contribution < -0.4 is 20.7 Å². The maximum atomic E-state index is 11.7. The zero-order valence-electron chi connectivity index (χ0n) is 19.0. The normalized spacial score (nSPS) is 14.3. The van der Waals surface area contributed by atoms with Crippen molar-refractivity contribution in [1.82, 2.24) is 19.9 Å². The average molecular weight is 557 g/mol. The minimum absolute atomic E-state index is 0.0134. The summed E-state index contributed by atoms with van der Waals surface area (Å²) in [5.74, 6) is 1.71. The largest absolute Gasteiger partial charge is 0.355 e. The van der Waals surface area contributed by atoms with Crippen molar-refractivity contribution >= 4 is 66.2 Å². The van der Waals surface area contributed by atoms with Gasteiger partial charge in [0.05, 0.1) is 10.6 Å². The van der Waals surface area contributed by atoms with Gasteiger partial charge in [-0.2, -0.15) is 15.0 Å². The number of imidazole rings is 1. The number of sulfonamides is 1. The molecule has 5 N–H and O–H groups in total. The van der Waals surface area contributed by atoms with Crippen molar-refractivity contribution in [3.8, 4) is 0 Å². The highest BCUT2D eigenvalue weighted by atomic mass is 79.9. The van der Waals surface area contributed by atoms with Crippen molar-refractivity contribution < 1.29 is 8.42 Å². The Bertz CT molecular complexity index is 1500. The molecule has 0 amide bonds. The Morgan fingerprint density at radius 3 is 2.54 bits per heavy atom. The maximum Gasteiger partial charge on any atom is 0.238 e. The first kappa shape index (κ1) is 23.5. The number of nitrogens with two attached hydrogens (primary N) is 1. The summed E-state index contributed by atoms with van der Waals surface area (Å²) in [5, 5.41) is 11.7. The molecule has 0 radical (unpaired) electrons. The van der Waals surface area contributed by atoms with Gasteiger partial charge in [0.2, 0.25) is 21.9 Å². The zero-order chi connectivity index (χ0) is 24.6. The molecule has 0 atom stereocenters. The summed E-state index contributed by atoms with van der Waals surface area (Å²) in [6.45, 7) is 3.84. The summed E-state index contributed by atoms with van der Waals surface area (Å²) >= 11 is 3.41. The van der Waals surface area contributed by atoms with E-state index in [0.29, 0.717) is 27.7 Å².